The van der Waals surface area contributed by atoms with Crippen molar-refractivity contribution in [2.75, 3.05) is 26.1 Å². The van der Waals surface area contributed by atoms with Crippen LogP contribution in [-0.2, 0) is 11.3 Å². The maximum atomic E-state index is 11.9. The van der Waals surface area contributed by atoms with Crippen LogP contribution < -0.4 is 5.32 Å². The van der Waals surface area contributed by atoms with Crippen LogP contribution in [0.4, 0.5) is 10.5 Å². The molecule has 1 aromatic carbocycles. The molecule has 0 heterocycles. The van der Waals surface area contributed by atoms with Gasteiger partial charge in [0, 0.05) is 25.4 Å². The van der Waals surface area contributed by atoms with Crippen LogP contribution in [0.3, 0.4) is 0 Å². The Hall–Kier alpha value is -1.59. The molecule has 0 aliphatic heterocycles. The molecule has 2 N–H and O–H groups in total. The van der Waals surface area contributed by atoms with Crippen molar-refractivity contribution in [1.29, 1.82) is 0 Å². The zero-order valence-corrected chi connectivity index (χ0v) is 11.0. The van der Waals surface area contributed by atoms with E-state index in [0.29, 0.717) is 6.61 Å². The van der Waals surface area contributed by atoms with Crippen LogP contribution >= 0.6 is 0 Å². The van der Waals surface area contributed by atoms with Crippen molar-refractivity contribution in [3.63, 3.8) is 0 Å². The number of benzene rings is 1. The molecule has 5 heteroatoms. The summed E-state index contributed by atoms with van der Waals surface area (Å²) in [5.41, 5.74) is 1.64. The van der Waals surface area contributed by atoms with Gasteiger partial charge in [-0.25, -0.2) is 4.79 Å². The molecule has 0 radical (unpaired) electrons. The van der Waals surface area contributed by atoms with Crippen molar-refractivity contribution < 1.29 is 14.6 Å². The van der Waals surface area contributed by atoms with Crippen LogP contribution in [0.2, 0.25) is 0 Å². The van der Waals surface area contributed by atoms with E-state index in [1.165, 1.54) is 4.90 Å². The molecule has 2 amide bonds. The van der Waals surface area contributed by atoms with E-state index in [-0.39, 0.29) is 18.7 Å². The number of anilines is 1. The molecule has 1 rings (SSSR count). The molecule has 0 spiro atoms. The summed E-state index contributed by atoms with van der Waals surface area (Å²) in [6.45, 7) is 2.15. The van der Waals surface area contributed by atoms with Crippen molar-refractivity contribution >= 4 is 11.7 Å². The fourth-order valence-corrected chi connectivity index (χ4v) is 1.45. The number of methoxy groups -OCH3 is 1. The van der Waals surface area contributed by atoms with Gasteiger partial charge >= 0.3 is 6.03 Å². The number of likely N-dealkylation sites (N-methyl/N-ethyl adjacent to an activating group) is 1. The van der Waals surface area contributed by atoms with Gasteiger partial charge in [-0.15, -0.1) is 0 Å². The normalized spacial score (nSPS) is 12.0. The number of aliphatic hydroxyl groups is 1. The number of hydrogen-bond acceptors (Lipinski definition) is 3. The average molecular weight is 252 g/mol. The minimum Gasteiger partial charge on any atom is -0.394 e. The highest BCUT2D eigenvalue weighted by atomic mass is 16.5. The monoisotopic (exact) mass is 252 g/mol. The highest BCUT2D eigenvalue weighted by molar-refractivity contribution is 5.90. The smallest absolute Gasteiger partial charge is 0.321 e. The summed E-state index contributed by atoms with van der Waals surface area (Å²) >= 11 is 0. The van der Waals surface area contributed by atoms with E-state index in [9.17, 15) is 4.79 Å². The Morgan fingerprint density at radius 2 is 2.17 bits per heavy atom. The van der Waals surface area contributed by atoms with Gasteiger partial charge in [0.15, 0.2) is 0 Å². The molecule has 18 heavy (non-hydrogen) atoms. The Bertz CT molecular complexity index is 396. The third kappa shape index (κ3) is 3.72. The minimum atomic E-state index is -0.250. The number of urea groups is 1. The van der Waals surface area contributed by atoms with Crippen LogP contribution in [0.1, 0.15) is 12.5 Å². The Morgan fingerprint density at radius 1 is 1.50 bits per heavy atom. The van der Waals surface area contributed by atoms with Crippen molar-refractivity contribution in [1.82, 2.24) is 4.90 Å². The van der Waals surface area contributed by atoms with Crippen molar-refractivity contribution in [3.05, 3.63) is 29.8 Å². The van der Waals surface area contributed by atoms with E-state index in [2.05, 4.69) is 5.32 Å². The van der Waals surface area contributed by atoms with E-state index in [4.69, 9.17) is 9.84 Å². The molecule has 0 fully saturated rings. The number of rotatable bonds is 5. The summed E-state index contributed by atoms with van der Waals surface area (Å²) in [5, 5.41) is 11.8. The second-order valence-corrected chi connectivity index (χ2v) is 4.16. The molecule has 1 unspecified atom stereocenters. The SMILES string of the molecule is COCc1ccccc1NC(=O)N(C)C(C)CO. The quantitative estimate of drug-likeness (QED) is 0.838. The molecule has 0 saturated heterocycles. The van der Waals surface area contributed by atoms with E-state index in [1.54, 1.807) is 21.1 Å². The van der Waals surface area contributed by atoms with Gasteiger partial charge in [-0.2, -0.15) is 0 Å². The van der Waals surface area contributed by atoms with Crippen molar-refractivity contribution in [3.8, 4) is 0 Å². The van der Waals surface area contributed by atoms with E-state index in [1.807, 2.05) is 24.3 Å². The summed E-state index contributed by atoms with van der Waals surface area (Å²) < 4.78 is 5.07. The summed E-state index contributed by atoms with van der Waals surface area (Å²) in [5.74, 6) is 0. The second-order valence-electron chi connectivity index (χ2n) is 4.16. The number of carbonyl (C=O) groups excluding carboxylic acids is 1. The number of ether oxygens (including phenoxy) is 1. The van der Waals surface area contributed by atoms with Crippen LogP contribution in [0, 0.1) is 0 Å². The predicted octanol–water partition coefficient (Wildman–Crippen LogP) is 1.68. The average Bonchev–Trinajstić information content (AvgIpc) is 2.39. The topological polar surface area (TPSA) is 61.8 Å². The van der Waals surface area contributed by atoms with E-state index < -0.39 is 0 Å². The van der Waals surface area contributed by atoms with Gasteiger partial charge < -0.3 is 20.1 Å². The lowest BCUT2D eigenvalue weighted by Crippen LogP contribution is -2.40. The molecule has 100 valence electrons. The minimum absolute atomic E-state index is 0.0658. The summed E-state index contributed by atoms with van der Waals surface area (Å²) in [7, 11) is 3.26. The Morgan fingerprint density at radius 3 is 2.78 bits per heavy atom. The first-order valence-electron chi connectivity index (χ1n) is 5.81. The van der Waals surface area contributed by atoms with Gasteiger partial charge in [0.2, 0.25) is 0 Å². The lowest BCUT2D eigenvalue weighted by atomic mass is 10.2. The third-order valence-corrected chi connectivity index (χ3v) is 2.80. The molecular weight excluding hydrogens is 232 g/mol. The number of hydrogen-bond donors (Lipinski definition) is 2. The highest BCUT2D eigenvalue weighted by Crippen LogP contribution is 2.16. The number of para-hydroxylation sites is 1. The highest BCUT2D eigenvalue weighted by Gasteiger charge is 2.15. The summed E-state index contributed by atoms with van der Waals surface area (Å²) in [6.07, 6.45) is 0. The molecule has 0 aliphatic carbocycles. The number of aliphatic hydroxyl groups excluding tert-OH is 1. The van der Waals surface area contributed by atoms with Gasteiger partial charge in [-0.05, 0) is 13.0 Å². The first-order chi connectivity index (χ1) is 8.60. The largest absolute Gasteiger partial charge is 0.394 e. The summed E-state index contributed by atoms with van der Waals surface area (Å²) in [6, 6.07) is 6.99. The van der Waals surface area contributed by atoms with E-state index in [0.717, 1.165) is 11.3 Å². The second kappa shape index (κ2) is 6.98. The predicted molar refractivity (Wildman–Crippen MR) is 70.5 cm³/mol. The van der Waals surface area contributed by atoms with Gasteiger partial charge in [0.05, 0.1) is 19.3 Å². The number of carbonyl (C=O) groups is 1. The molecule has 0 aromatic heterocycles. The Kier molecular flexibility index (Phi) is 5.61. The Labute approximate surface area is 107 Å². The first-order valence-corrected chi connectivity index (χ1v) is 5.81. The lowest BCUT2D eigenvalue weighted by molar-refractivity contribution is 0.166. The molecule has 0 saturated carbocycles. The van der Waals surface area contributed by atoms with Crippen LogP contribution in [0.25, 0.3) is 0 Å². The fourth-order valence-electron chi connectivity index (χ4n) is 1.45. The maximum Gasteiger partial charge on any atom is 0.321 e. The van der Waals surface area contributed by atoms with Crippen molar-refractivity contribution in [2.45, 2.75) is 19.6 Å². The van der Waals surface area contributed by atoms with Crippen molar-refractivity contribution in [2.24, 2.45) is 0 Å². The number of nitrogens with zero attached hydrogens (tertiary/aromatic N) is 1. The van der Waals surface area contributed by atoms with E-state index >= 15 is 0 Å². The Balaban J connectivity index is 2.75. The summed E-state index contributed by atoms with van der Waals surface area (Å²) in [4.78, 5) is 13.4. The lowest BCUT2D eigenvalue weighted by Gasteiger charge is -2.24. The zero-order chi connectivity index (χ0) is 13.5. The zero-order valence-electron chi connectivity index (χ0n) is 11.0. The molecule has 0 aliphatic rings. The van der Waals surface area contributed by atoms with Crippen LogP contribution in [-0.4, -0.2) is 42.8 Å². The van der Waals surface area contributed by atoms with Crippen LogP contribution in [0.5, 0.6) is 0 Å². The fraction of sp³-hybridized carbons (Fsp3) is 0.462. The van der Waals surface area contributed by atoms with Gasteiger partial charge in [-0.1, -0.05) is 18.2 Å². The molecule has 1 atom stereocenters. The standard InChI is InChI=1S/C13H20N2O3/c1-10(8-16)15(2)13(17)14-12-7-5-4-6-11(12)9-18-3/h4-7,10,16H,8-9H2,1-3H3,(H,14,17). The van der Waals surface area contributed by atoms with Gasteiger partial charge in [-0.3, -0.25) is 0 Å². The number of nitrogens with one attached hydrogen (secondary N) is 1. The molecule has 0 bridgehead atoms. The third-order valence-electron chi connectivity index (χ3n) is 2.80. The van der Waals surface area contributed by atoms with Gasteiger partial charge in [0.1, 0.15) is 0 Å². The first kappa shape index (κ1) is 14.5. The molecule has 1 aromatic rings. The number of amides is 2. The molecular formula is C13H20N2O3. The van der Waals surface area contributed by atoms with Gasteiger partial charge in [0.25, 0.3) is 0 Å². The van der Waals surface area contributed by atoms with Crippen LogP contribution in [0.15, 0.2) is 24.3 Å². The molecule has 5 nitrogen and oxygen atoms in total. The maximum absolute atomic E-state index is 11.9.